The molecule has 0 aromatic heterocycles. The lowest BCUT2D eigenvalue weighted by Gasteiger charge is -2.36. The summed E-state index contributed by atoms with van der Waals surface area (Å²) in [5, 5.41) is 3.49. The summed E-state index contributed by atoms with van der Waals surface area (Å²) in [6.45, 7) is 2.55. The van der Waals surface area contributed by atoms with E-state index in [0.717, 1.165) is 24.0 Å². The lowest BCUT2D eigenvalue weighted by Crippen LogP contribution is -2.61. The number of carbonyl (C=O) groups excluding carboxylic acids is 1. The van der Waals surface area contributed by atoms with Crippen molar-refractivity contribution >= 4 is 5.91 Å². The maximum Gasteiger partial charge on any atom is 0.240 e. The molecule has 1 aliphatic carbocycles. The first-order valence-electron chi connectivity index (χ1n) is 8.90. The van der Waals surface area contributed by atoms with E-state index in [9.17, 15) is 4.79 Å². The Bertz CT molecular complexity index is 690. The maximum atomic E-state index is 12.4. The Hall–Kier alpha value is -2.17. The fraction of sp³-hybridized carbons (Fsp3) is 0.381. The van der Waals surface area contributed by atoms with Gasteiger partial charge in [0.05, 0.1) is 12.7 Å². The molecule has 0 saturated heterocycles. The standard InChI is InChI=1S/C21H26N2O2/c1-16(18-11-6-3-7-12-18)23-21(20(22)24)14-8-13-19(21)25-15-17-9-4-2-5-10-17/h2-7,9-12,16,19,23H,8,13-15H2,1H3,(H2,22,24)/t16-,19+,21-/m0/s1. The smallest absolute Gasteiger partial charge is 0.240 e. The van der Waals surface area contributed by atoms with Crippen molar-refractivity contribution in [2.75, 3.05) is 0 Å². The molecule has 0 aliphatic heterocycles. The van der Waals surface area contributed by atoms with E-state index in [-0.39, 0.29) is 18.1 Å². The molecule has 132 valence electrons. The normalized spacial score (nSPS) is 24.1. The minimum Gasteiger partial charge on any atom is -0.371 e. The van der Waals surface area contributed by atoms with Crippen LogP contribution >= 0.6 is 0 Å². The van der Waals surface area contributed by atoms with E-state index in [2.05, 4.69) is 24.4 Å². The van der Waals surface area contributed by atoms with E-state index >= 15 is 0 Å². The zero-order valence-corrected chi connectivity index (χ0v) is 14.7. The fourth-order valence-corrected chi connectivity index (χ4v) is 3.70. The SMILES string of the molecule is C[C@H](N[C@@]1(C(N)=O)CCC[C@H]1OCc1ccccc1)c1ccccc1. The predicted molar refractivity (Wildman–Crippen MR) is 98.8 cm³/mol. The number of primary amides is 1. The zero-order chi connectivity index (χ0) is 17.7. The average molecular weight is 338 g/mol. The van der Waals surface area contributed by atoms with Gasteiger partial charge in [0.15, 0.2) is 0 Å². The molecule has 1 aliphatic rings. The van der Waals surface area contributed by atoms with Gasteiger partial charge in [0.1, 0.15) is 5.54 Å². The van der Waals surface area contributed by atoms with Crippen LogP contribution in [-0.2, 0) is 16.1 Å². The van der Waals surface area contributed by atoms with Crippen LogP contribution in [0.2, 0.25) is 0 Å². The molecular weight excluding hydrogens is 312 g/mol. The van der Waals surface area contributed by atoms with Crippen LogP contribution in [0.5, 0.6) is 0 Å². The van der Waals surface area contributed by atoms with Crippen molar-refractivity contribution in [3.63, 3.8) is 0 Å². The molecular formula is C21H26N2O2. The van der Waals surface area contributed by atoms with Crippen LogP contribution in [0.15, 0.2) is 60.7 Å². The highest BCUT2D eigenvalue weighted by molar-refractivity contribution is 5.86. The summed E-state index contributed by atoms with van der Waals surface area (Å²) >= 11 is 0. The van der Waals surface area contributed by atoms with Gasteiger partial charge in [-0.05, 0) is 37.3 Å². The third-order valence-electron chi connectivity index (χ3n) is 5.09. The monoisotopic (exact) mass is 338 g/mol. The summed E-state index contributed by atoms with van der Waals surface area (Å²) in [6.07, 6.45) is 2.26. The molecule has 3 atom stereocenters. The van der Waals surface area contributed by atoms with Crippen molar-refractivity contribution in [3.05, 3.63) is 71.8 Å². The van der Waals surface area contributed by atoms with Gasteiger partial charge in [-0.15, -0.1) is 0 Å². The van der Waals surface area contributed by atoms with Crippen LogP contribution < -0.4 is 11.1 Å². The highest BCUT2D eigenvalue weighted by atomic mass is 16.5. The Morgan fingerprint density at radius 2 is 1.84 bits per heavy atom. The van der Waals surface area contributed by atoms with Gasteiger partial charge in [0, 0.05) is 6.04 Å². The van der Waals surface area contributed by atoms with E-state index in [1.165, 1.54) is 0 Å². The van der Waals surface area contributed by atoms with Crippen molar-refractivity contribution in [3.8, 4) is 0 Å². The largest absolute Gasteiger partial charge is 0.371 e. The Morgan fingerprint density at radius 3 is 2.48 bits per heavy atom. The molecule has 3 rings (SSSR count). The number of hydrogen-bond acceptors (Lipinski definition) is 3. The molecule has 2 aromatic carbocycles. The molecule has 1 saturated carbocycles. The molecule has 1 amide bonds. The minimum absolute atomic E-state index is 0.0228. The first-order valence-corrected chi connectivity index (χ1v) is 8.90. The van der Waals surface area contributed by atoms with E-state index in [4.69, 9.17) is 10.5 Å². The second-order valence-electron chi connectivity index (χ2n) is 6.79. The Morgan fingerprint density at radius 1 is 1.20 bits per heavy atom. The highest BCUT2D eigenvalue weighted by Crippen LogP contribution is 2.35. The van der Waals surface area contributed by atoms with Crippen LogP contribution in [0.25, 0.3) is 0 Å². The number of hydrogen-bond donors (Lipinski definition) is 2. The van der Waals surface area contributed by atoms with Gasteiger partial charge in [-0.1, -0.05) is 60.7 Å². The first-order chi connectivity index (χ1) is 12.1. The molecule has 3 N–H and O–H groups in total. The Kier molecular flexibility index (Phi) is 5.51. The number of amides is 1. The zero-order valence-electron chi connectivity index (χ0n) is 14.7. The maximum absolute atomic E-state index is 12.4. The van der Waals surface area contributed by atoms with Crippen LogP contribution in [-0.4, -0.2) is 17.6 Å². The average Bonchev–Trinajstić information content (AvgIpc) is 3.05. The van der Waals surface area contributed by atoms with Crippen molar-refractivity contribution < 1.29 is 9.53 Å². The molecule has 25 heavy (non-hydrogen) atoms. The summed E-state index contributed by atoms with van der Waals surface area (Å²) in [5.41, 5.74) is 7.26. The summed E-state index contributed by atoms with van der Waals surface area (Å²) in [4.78, 5) is 12.4. The van der Waals surface area contributed by atoms with Gasteiger partial charge < -0.3 is 10.5 Å². The van der Waals surface area contributed by atoms with Gasteiger partial charge in [0.2, 0.25) is 5.91 Å². The number of rotatable bonds is 7. The molecule has 0 radical (unpaired) electrons. The van der Waals surface area contributed by atoms with Crippen molar-refractivity contribution in [1.29, 1.82) is 0 Å². The molecule has 4 nitrogen and oxygen atoms in total. The third kappa shape index (κ3) is 3.91. The van der Waals surface area contributed by atoms with E-state index in [1.807, 2.05) is 48.5 Å². The van der Waals surface area contributed by atoms with Gasteiger partial charge in [-0.25, -0.2) is 0 Å². The Balaban J connectivity index is 1.74. The molecule has 2 aromatic rings. The lowest BCUT2D eigenvalue weighted by atomic mass is 9.91. The number of nitrogens with one attached hydrogen (secondary N) is 1. The van der Waals surface area contributed by atoms with Gasteiger partial charge in [0.25, 0.3) is 0 Å². The third-order valence-corrected chi connectivity index (χ3v) is 5.09. The molecule has 1 fully saturated rings. The van der Waals surface area contributed by atoms with Crippen molar-refractivity contribution in [2.24, 2.45) is 5.73 Å². The van der Waals surface area contributed by atoms with Crippen LogP contribution in [0.3, 0.4) is 0 Å². The predicted octanol–water partition coefficient (Wildman–Crippen LogP) is 3.33. The second-order valence-corrected chi connectivity index (χ2v) is 6.79. The molecule has 4 heteroatoms. The summed E-state index contributed by atoms with van der Waals surface area (Å²) in [5.74, 6) is -0.328. The number of ether oxygens (including phenoxy) is 1. The molecule has 0 heterocycles. The minimum atomic E-state index is -0.815. The molecule has 0 unspecified atom stereocenters. The second kappa shape index (κ2) is 7.81. The highest BCUT2D eigenvalue weighted by Gasteiger charge is 2.49. The van der Waals surface area contributed by atoms with Crippen LogP contribution in [0.1, 0.15) is 43.4 Å². The number of nitrogens with two attached hydrogens (primary N) is 1. The van der Waals surface area contributed by atoms with Gasteiger partial charge >= 0.3 is 0 Å². The number of benzene rings is 2. The van der Waals surface area contributed by atoms with E-state index < -0.39 is 5.54 Å². The summed E-state index contributed by atoms with van der Waals surface area (Å²) in [6, 6.07) is 20.1. The molecule has 0 bridgehead atoms. The topological polar surface area (TPSA) is 64.3 Å². The van der Waals surface area contributed by atoms with Gasteiger partial charge in [-0.3, -0.25) is 10.1 Å². The molecule has 0 spiro atoms. The summed E-state index contributed by atoms with van der Waals surface area (Å²) in [7, 11) is 0. The lowest BCUT2D eigenvalue weighted by molar-refractivity contribution is -0.131. The quantitative estimate of drug-likeness (QED) is 0.814. The number of carbonyl (C=O) groups is 1. The van der Waals surface area contributed by atoms with Crippen LogP contribution in [0, 0.1) is 0 Å². The fourth-order valence-electron chi connectivity index (χ4n) is 3.70. The van der Waals surface area contributed by atoms with Gasteiger partial charge in [-0.2, -0.15) is 0 Å². The summed E-state index contributed by atoms with van der Waals surface area (Å²) < 4.78 is 6.14. The van der Waals surface area contributed by atoms with E-state index in [0.29, 0.717) is 13.0 Å². The first kappa shape index (κ1) is 17.6. The van der Waals surface area contributed by atoms with Crippen molar-refractivity contribution in [1.82, 2.24) is 5.32 Å². The Labute approximate surface area is 149 Å². The van der Waals surface area contributed by atoms with Crippen molar-refractivity contribution in [2.45, 2.75) is 50.5 Å². The van der Waals surface area contributed by atoms with E-state index in [1.54, 1.807) is 0 Å². The van der Waals surface area contributed by atoms with Crippen LogP contribution in [0.4, 0.5) is 0 Å².